The molecule has 0 bridgehead atoms. The van der Waals surface area contributed by atoms with Gasteiger partial charge in [0.15, 0.2) is 0 Å². The number of hydrogen-bond acceptors (Lipinski definition) is 2. The summed E-state index contributed by atoms with van der Waals surface area (Å²) in [4.78, 5) is 0. The maximum absolute atomic E-state index is 9.51. The van der Waals surface area contributed by atoms with Gasteiger partial charge in [0, 0.05) is 5.54 Å². The Morgan fingerprint density at radius 1 is 1.43 bits per heavy atom. The third-order valence-corrected chi connectivity index (χ3v) is 3.36. The molecular weight excluding hydrogens is 198 g/mol. The highest BCUT2D eigenvalue weighted by molar-refractivity contribution is 6.32. The molecule has 1 aliphatic carbocycles. The Morgan fingerprint density at radius 2 is 2.07 bits per heavy atom. The van der Waals surface area contributed by atoms with Gasteiger partial charge in [0.1, 0.15) is 5.75 Å². The van der Waals surface area contributed by atoms with E-state index < -0.39 is 0 Å². The zero-order valence-corrected chi connectivity index (χ0v) is 8.93. The third-order valence-electron chi connectivity index (χ3n) is 3.07. The predicted octanol–water partition coefficient (Wildman–Crippen LogP) is 2.69. The monoisotopic (exact) mass is 211 g/mol. The summed E-state index contributed by atoms with van der Waals surface area (Å²) in [5.74, 6) is 0.165. The minimum atomic E-state index is -0.206. The van der Waals surface area contributed by atoms with Crippen LogP contribution in [0.2, 0.25) is 5.02 Å². The summed E-state index contributed by atoms with van der Waals surface area (Å²) in [5, 5.41) is 9.91. The van der Waals surface area contributed by atoms with Crippen molar-refractivity contribution in [2.45, 2.75) is 31.7 Å². The lowest BCUT2D eigenvalue weighted by Gasteiger charge is -2.39. The minimum absolute atomic E-state index is 0.165. The van der Waals surface area contributed by atoms with Crippen molar-refractivity contribution in [1.29, 1.82) is 0 Å². The molecule has 2 nitrogen and oxygen atoms in total. The summed E-state index contributed by atoms with van der Waals surface area (Å²) in [6, 6.07) is 3.71. The molecule has 0 unspecified atom stereocenters. The molecule has 1 aliphatic rings. The van der Waals surface area contributed by atoms with Gasteiger partial charge in [0.05, 0.1) is 5.02 Å². The van der Waals surface area contributed by atoms with E-state index in [1.54, 1.807) is 6.07 Å². The first-order valence-electron chi connectivity index (χ1n) is 4.81. The fourth-order valence-corrected chi connectivity index (χ4v) is 2.14. The molecule has 1 saturated carbocycles. The number of aromatic hydroxyl groups is 1. The van der Waals surface area contributed by atoms with Crippen LogP contribution in [-0.4, -0.2) is 5.11 Å². The van der Waals surface area contributed by atoms with Crippen LogP contribution in [0.5, 0.6) is 5.75 Å². The number of nitrogens with two attached hydrogens (primary N) is 1. The zero-order valence-electron chi connectivity index (χ0n) is 8.18. The number of phenols is 1. The average molecular weight is 212 g/mol. The Morgan fingerprint density at radius 3 is 2.50 bits per heavy atom. The molecule has 0 heterocycles. The third kappa shape index (κ3) is 1.39. The van der Waals surface area contributed by atoms with Gasteiger partial charge < -0.3 is 10.8 Å². The van der Waals surface area contributed by atoms with Gasteiger partial charge in [-0.25, -0.2) is 0 Å². The minimum Gasteiger partial charge on any atom is -0.506 e. The van der Waals surface area contributed by atoms with Gasteiger partial charge in [-0.3, -0.25) is 0 Å². The van der Waals surface area contributed by atoms with Crippen molar-refractivity contribution < 1.29 is 5.11 Å². The molecule has 0 radical (unpaired) electrons. The van der Waals surface area contributed by atoms with Crippen LogP contribution in [0.3, 0.4) is 0 Å². The smallest absolute Gasteiger partial charge is 0.137 e. The molecule has 0 atom stereocenters. The molecule has 14 heavy (non-hydrogen) atoms. The second-order valence-electron chi connectivity index (χ2n) is 4.13. The quantitative estimate of drug-likeness (QED) is 0.750. The number of halogens is 1. The largest absolute Gasteiger partial charge is 0.506 e. The van der Waals surface area contributed by atoms with Gasteiger partial charge >= 0.3 is 0 Å². The summed E-state index contributed by atoms with van der Waals surface area (Å²) < 4.78 is 0. The van der Waals surface area contributed by atoms with E-state index in [-0.39, 0.29) is 11.3 Å². The van der Waals surface area contributed by atoms with E-state index in [9.17, 15) is 5.11 Å². The van der Waals surface area contributed by atoms with Gasteiger partial charge in [-0.05, 0) is 43.4 Å². The molecule has 2 rings (SSSR count). The number of aryl methyl sites for hydroxylation is 1. The number of benzene rings is 1. The normalized spacial score (nSPS) is 19.1. The molecule has 1 aromatic rings. The summed E-state index contributed by atoms with van der Waals surface area (Å²) >= 11 is 5.90. The Balaban J connectivity index is 2.45. The van der Waals surface area contributed by atoms with Crippen molar-refractivity contribution in [2.75, 3.05) is 0 Å². The van der Waals surface area contributed by atoms with Crippen molar-refractivity contribution >= 4 is 11.6 Å². The molecule has 0 aromatic heterocycles. The number of rotatable bonds is 1. The molecule has 0 amide bonds. The van der Waals surface area contributed by atoms with Gasteiger partial charge in [-0.1, -0.05) is 17.7 Å². The van der Waals surface area contributed by atoms with E-state index >= 15 is 0 Å². The molecule has 1 aromatic carbocycles. The Labute approximate surface area is 88.7 Å². The van der Waals surface area contributed by atoms with Crippen molar-refractivity contribution in [3.8, 4) is 5.75 Å². The Kier molecular flexibility index (Phi) is 2.20. The van der Waals surface area contributed by atoms with Crippen molar-refractivity contribution in [3.63, 3.8) is 0 Å². The first-order valence-corrected chi connectivity index (χ1v) is 5.19. The van der Waals surface area contributed by atoms with E-state index in [2.05, 4.69) is 0 Å². The highest BCUT2D eigenvalue weighted by atomic mass is 35.5. The van der Waals surface area contributed by atoms with Crippen LogP contribution in [0.4, 0.5) is 0 Å². The fourth-order valence-electron chi connectivity index (χ4n) is 1.87. The standard InChI is InChI=1S/C11H14ClNO/c1-7-5-8(6-9(12)10(7)14)11(13)3-2-4-11/h5-6,14H,2-4,13H2,1H3. The van der Waals surface area contributed by atoms with Crippen molar-refractivity contribution in [3.05, 3.63) is 28.3 Å². The van der Waals surface area contributed by atoms with Crippen LogP contribution in [0.15, 0.2) is 12.1 Å². The molecule has 3 N–H and O–H groups in total. The van der Waals surface area contributed by atoms with E-state index in [1.165, 1.54) is 6.42 Å². The Hall–Kier alpha value is -0.730. The topological polar surface area (TPSA) is 46.2 Å². The average Bonchev–Trinajstić information content (AvgIpc) is 2.09. The molecular formula is C11H14ClNO. The second-order valence-corrected chi connectivity index (χ2v) is 4.54. The molecule has 0 spiro atoms. The van der Waals surface area contributed by atoms with Crippen LogP contribution in [0.1, 0.15) is 30.4 Å². The van der Waals surface area contributed by atoms with Gasteiger partial charge in [-0.2, -0.15) is 0 Å². The van der Waals surface area contributed by atoms with Crippen LogP contribution in [-0.2, 0) is 5.54 Å². The lowest BCUT2D eigenvalue weighted by molar-refractivity contribution is 0.253. The molecule has 76 valence electrons. The predicted molar refractivity (Wildman–Crippen MR) is 57.6 cm³/mol. The lowest BCUT2D eigenvalue weighted by Crippen LogP contribution is -2.43. The number of hydrogen-bond donors (Lipinski definition) is 2. The highest BCUT2D eigenvalue weighted by Crippen LogP contribution is 2.41. The molecule has 0 aliphatic heterocycles. The van der Waals surface area contributed by atoms with Gasteiger partial charge in [0.2, 0.25) is 0 Å². The first-order chi connectivity index (χ1) is 6.53. The second kappa shape index (κ2) is 3.14. The first kappa shape index (κ1) is 9.81. The summed E-state index contributed by atoms with van der Waals surface area (Å²) in [6.45, 7) is 1.84. The van der Waals surface area contributed by atoms with Crippen LogP contribution < -0.4 is 5.73 Å². The van der Waals surface area contributed by atoms with Gasteiger partial charge in [0.25, 0.3) is 0 Å². The molecule has 1 fully saturated rings. The summed E-state index contributed by atoms with van der Waals surface area (Å²) in [5.41, 5.74) is 7.81. The summed E-state index contributed by atoms with van der Waals surface area (Å²) in [7, 11) is 0. The van der Waals surface area contributed by atoms with E-state index in [1.807, 2.05) is 13.0 Å². The van der Waals surface area contributed by atoms with Crippen molar-refractivity contribution in [2.24, 2.45) is 5.73 Å². The van der Waals surface area contributed by atoms with E-state index in [0.29, 0.717) is 5.02 Å². The highest BCUT2D eigenvalue weighted by Gasteiger charge is 2.34. The summed E-state index contributed by atoms with van der Waals surface area (Å²) in [6.07, 6.45) is 3.19. The zero-order chi connectivity index (χ0) is 10.3. The molecule has 3 heteroatoms. The molecule has 0 saturated heterocycles. The van der Waals surface area contributed by atoms with Crippen LogP contribution in [0.25, 0.3) is 0 Å². The van der Waals surface area contributed by atoms with E-state index in [0.717, 1.165) is 24.0 Å². The lowest BCUT2D eigenvalue weighted by atomic mass is 9.72. The van der Waals surface area contributed by atoms with Crippen LogP contribution >= 0.6 is 11.6 Å². The maximum atomic E-state index is 9.51. The van der Waals surface area contributed by atoms with Crippen LogP contribution in [0, 0.1) is 6.92 Å². The fraction of sp³-hybridized carbons (Fsp3) is 0.455. The number of phenolic OH excluding ortho intramolecular Hbond substituents is 1. The SMILES string of the molecule is Cc1cc(C2(N)CCC2)cc(Cl)c1O. The maximum Gasteiger partial charge on any atom is 0.137 e. The van der Waals surface area contributed by atoms with Gasteiger partial charge in [-0.15, -0.1) is 0 Å². The van der Waals surface area contributed by atoms with Crippen molar-refractivity contribution in [1.82, 2.24) is 0 Å². The Bertz CT molecular complexity index is 349. The van der Waals surface area contributed by atoms with E-state index in [4.69, 9.17) is 17.3 Å².